The van der Waals surface area contributed by atoms with Crippen molar-refractivity contribution in [2.45, 2.75) is 44.1 Å². The van der Waals surface area contributed by atoms with Crippen LogP contribution in [0.5, 0.6) is 0 Å². The molecule has 10 heteroatoms. The lowest BCUT2D eigenvalue weighted by Crippen LogP contribution is -2.52. The van der Waals surface area contributed by atoms with E-state index in [9.17, 15) is 18.0 Å². The number of hydrogen-bond acceptors (Lipinski definition) is 6. The Morgan fingerprint density at radius 3 is 2.66 bits per heavy atom. The number of nitrogens with one attached hydrogen (secondary N) is 2. The minimum Gasteiger partial charge on any atom is -0.495 e. The first-order chi connectivity index (χ1) is 15.0. The zero-order valence-electron chi connectivity index (χ0n) is 17.8. The number of rotatable bonds is 4. The Morgan fingerprint density at radius 2 is 2.03 bits per heavy atom. The lowest BCUT2D eigenvalue weighted by atomic mass is 9.61. The number of ether oxygens (including phenoxy) is 2. The van der Waals surface area contributed by atoms with Crippen LogP contribution in [0.15, 0.2) is 53.8 Å². The summed E-state index contributed by atoms with van der Waals surface area (Å²) in [6, 6.07) is 3.21. The number of aromatic nitrogens is 1. The number of nitrogens with zero attached hydrogens (tertiary/aromatic N) is 2. The van der Waals surface area contributed by atoms with E-state index < -0.39 is 23.4 Å². The summed E-state index contributed by atoms with van der Waals surface area (Å²) in [6.45, 7) is 4.74. The summed E-state index contributed by atoms with van der Waals surface area (Å²) in [5, 5.41) is 6.19. The maximum Gasteiger partial charge on any atom is 0.433 e. The normalized spacial score (nSPS) is 32.8. The van der Waals surface area contributed by atoms with Crippen LogP contribution in [0.3, 0.4) is 0 Å². The summed E-state index contributed by atoms with van der Waals surface area (Å²) < 4.78 is 50.2. The molecule has 1 aliphatic carbocycles. The third kappa shape index (κ3) is 3.16. The van der Waals surface area contributed by atoms with Gasteiger partial charge in [0, 0.05) is 29.6 Å². The van der Waals surface area contributed by atoms with E-state index in [-0.39, 0.29) is 16.7 Å². The molecule has 4 aliphatic heterocycles. The zero-order valence-corrected chi connectivity index (χ0v) is 17.8. The second kappa shape index (κ2) is 6.50. The molecule has 1 amide bonds. The Bertz CT molecular complexity index is 1090. The van der Waals surface area contributed by atoms with Gasteiger partial charge in [0.05, 0.1) is 19.3 Å². The highest BCUT2D eigenvalue weighted by molar-refractivity contribution is 5.93. The number of fused-ring (bicyclic) bond motifs is 2. The molecule has 2 saturated heterocycles. The van der Waals surface area contributed by atoms with Gasteiger partial charge in [0.2, 0.25) is 0 Å². The summed E-state index contributed by atoms with van der Waals surface area (Å²) >= 11 is 0. The maximum absolute atomic E-state index is 13.0. The number of amides is 1. The fourth-order valence-electron chi connectivity index (χ4n) is 5.06. The predicted octanol–water partition coefficient (Wildman–Crippen LogP) is 3.25. The fourth-order valence-corrected chi connectivity index (χ4v) is 5.06. The summed E-state index contributed by atoms with van der Waals surface area (Å²) in [4.78, 5) is 18.0. The number of halogens is 3. The van der Waals surface area contributed by atoms with Gasteiger partial charge in [0.1, 0.15) is 28.5 Å². The van der Waals surface area contributed by atoms with E-state index in [4.69, 9.17) is 9.47 Å². The Hall–Kier alpha value is -3.01. The van der Waals surface area contributed by atoms with Crippen LogP contribution in [0, 0.1) is 5.41 Å². The van der Waals surface area contributed by atoms with Crippen LogP contribution < -0.4 is 10.6 Å². The van der Waals surface area contributed by atoms with Gasteiger partial charge >= 0.3 is 6.18 Å². The van der Waals surface area contributed by atoms with Gasteiger partial charge < -0.3 is 25.0 Å². The highest BCUT2D eigenvalue weighted by Gasteiger charge is 2.63. The average molecular weight is 448 g/mol. The summed E-state index contributed by atoms with van der Waals surface area (Å²) in [6.07, 6.45) is 2.77. The van der Waals surface area contributed by atoms with Crippen molar-refractivity contribution in [3.8, 4) is 0 Å². The third-order valence-corrected chi connectivity index (χ3v) is 6.57. The van der Waals surface area contributed by atoms with Gasteiger partial charge in [-0.1, -0.05) is 6.07 Å². The lowest BCUT2D eigenvalue weighted by molar-refractivity contribution is -0.141. The van der Waals surface area contributed by atoms with E-state index in [0.29, 0.717) is 18.1 Å². The molecule has 0 aromatic carbocycles. The standard InChI is InChI=1S/C22H23F3N4O3/c1-19-10-21(11-19,12-32-19)17-9-29-8-14(15(31-3)7-20(29,2)28-17)27-18(30)13-5-4-6-16(26-13)22(23,24)25/h4-9,28H,10-12H2,1-3H3,(H,27,30). The molecule has 0 spiro atoms. The number of carbonyl (C=O) groups excluding carboxylic acids is 1. The number of hydrogen-bond donors (Lipinski definition) is 2. The van der Waals surface area contributed by atoms with E-state index in [1.54, 1.807) is 6.20 Å². The molecular weight excluding hydrogens is 425 g/mol. The molecule has 3 fully saturated rings. The van der Waals surface area contributed by atoms with E-state index >= 15 is 0 Å². The van der Waals surface area contributed by atoms with Crippen LogP contribution in [0.1, 0.15) is 42.9 Å². The van der Waals surface area contributed by atoms with Crippen LogP contribution in [-0.4, -0.2) is 40.8 Å². The zero-order chi connectivity index (χ0) is 22.9. The largest absolute Gasteiger partial charge is 0.495 e. The molecule has 0 radical (unpaired) electrons. The molecule has 5 heterocycles. The lowest BCUT2D eigenvalue weighted by Gasteiger charge is -2.44. The Labute approximate surface area is 183 Å². The van der Waals surface area contributed by atoms with Gasteiger partial charge in [0.15, 0.2) is 0 Å². The number of pyridine rings is 1. The van der Waals surface area contributed by atoms with Crippen molar-refractivity contribution < 1.29 is 27.4 Å². The number of alkyl halides is 3. The first-order valence-electron chi connectivity index (χ1n) is 10.2. The summed E-state index contributed by atoms with van der Waals surface area (Å²) in [7, 11) is 1.47. The maximum atomic E-state index is 13.0. The third-order valence-electron chi connectivity index (χ3n) is 6.57. The van der Waals surface area contributed by atoms with Gasteiger partial charge in [0.25, 0.3) is 5.91 Å². The van der Waals surface area contributed by atoms with Crippen LogP contribution in [-0.2, 0) is 15.7 Å². The van der Waals surface area contributed by atoms with Crippen molar-refractivity contribution in [3.63, 3.8) is 0 Å². The van der Waals surface area contributed by atoms with E-state index in [1.807, 2.05) is 24.1 Å². The molecule has 1 aromatic rings. The van der Waals surface area contributed by atoms with Crippen LogP contribution in [0.4, 0.5) is 13.2 Å². The predicted molar refractivity (Wildman–Crippen MR) is 107 cm³/mol. The quantitative estimate of drug-likeness (QED) is 0.737. The number of methoxy groups -OCH3 is 1. The Kier molecular flexibility index (Phi) is 4.24. The molecule has 5 aliphatic rings. The van der Waals surface area contributed by atoms with Crippen LogP contribution in [0.2, 0.25) is 0 Å². The molecule has 2 N–H and O–H groups in total. The first kappa shape index (κ1) is 20.9. The van der Waals surface area contributed by atoms with E-state index in [2.05, 4.69) is 22.5 Å². The van der Waals surface area contributed by atoms with E-state index in [1.165, 1.54) is 13.2 Å². The molecule has 170 valence electrons. The van der Waals surface area contributed by atoms with Crippen molar-refractivity contribution in [1.29, 1.82) is 0 Å². The van der Waals surface area contributed by atoms with Crippen LogP contribution >= 0.6 is 0 Å². The number of carbonyl (C=O) groups is 1. The molecule has 1 aromatic heterocycles. The van der Waals surface area contributed by atoms with Crippen molar-refractivity contribution in [2.24, 2.45) is 5.41 Å². The fraction of sp³-hybridized carbons (Fsp3) is 0.455. The molecule has 1 unspecified atom stereocenters. The average Bonchev–Trinajstić information content (AvgIpc) is 3.35. The molecule has 7 nitrogen and oxygen atoms in total. The molecule has 1 atom stereocenters. The second-order valence-corrected chi connectivity index (χ2v) is 9.21. The smallest absolute Gasteiger partial charge is 0.433 e. The van der Waals surface area contributed by atoms with Gasteiger partial charge in [-0.25, -0.2) is 4.98 Å². The van der Waals surface area contributed by atoms with Crippen LogP contribution in [0.25, 0.3) is 0 Å². The van der Waals surface area contributed by atoms with Crippen molar-refractivity contribution in [2.75, 3.05) is 13.7 Å². The Morgan fingerprint density at radius 1 is 1.28 bits per heavy atom. The van der Waals surface area contributed by atoms with Gasteiger partial charge in [-0.2, -0.15) is 13.2 Å². The molecule has 32 heavy (non-hydrogen) atoms. The van der Waals surface area contributed by atoms with Gasteiger partial charge in [-0.05, 0) is 38.8 Å². The minimum atomic E-state index is -4.64. The highest BCUT2D eigenvalue weighted by atomic mass is 19.4. The first-order valence-corrected chi connectivity index (χ1v) is 10.2. The Balaban J connectivity index is 1.40. The van der Waals surface area contributed by atoms with Crippen molar-refractivity contribution >= 4 is 5.91 Å². The molecular formula is C22H23F3N4O3. The van der Waals surface area contributed by atoms with Gasteiger partial charge in [-0.3, -0.25) is 4.79 Å². The SMILES string of the molecule is COC1=CC2(C)NC(C34COC(C)(C3)C4)=CN2C=C1NC(=O)c1cccc(C(F)(F)F)n1. The van der Waals surface area contributed by atoms with E-state index in [0.717, 1.165) is 30.7 Å². The monoisotopic (exact) mass is 448 g/mol. The summed E-state index contributed by atoms with van der Waals surface area (Å²) in [5.41, 5.74) is -0.789. The molecule has 1 saturated carbocycles. The van der Waals surface area contributed by atoms with Crippen molar-refractivity contribution in [3.05, 3.63) is 65.2 Å². The minimum absolute atomic E-state index is 0.0462. The highest BCUT2D eigenvalue weighted by Crippen LogP contribution is 2.61. The molecule has 6 rings (SSSR count). The van der Waals surface area contributed by atoms with Crippen molar-refractivity contribution in [1.82, 2.24) is 20.5 Å². The topological polar surface area (TPSA) is 75.7 Å². The summed E-state index contributed by atoms with van der Waals surface area (Å²) in [5.74, 6) is -0.368. The molecule has 2 bridgehead atoms. The second-order valence-electron chi connectivity index (χ2n) is 9.21. The van der Waals surface area contributed by atoms with Gasteiger partial charge in [-0.15, -0.1) is 0 Å².